The molecule has 0 aromatic heterocycles. The molecular weight excluding hydrogens is 285 g/mol. The van der Waals surface area contributed by atoms with Gasteiger partial charge in [-0.3, -0.25) is 4.21 Å². The Morgan fingerprint density at radius 3 is 2.68 bits per heavy atom. The van der Waals surface area contributed by atoms with Crippen molar-refractivity contribution in [3.8, 4) is 0 Å². The van der Waals surface area contributed by atoms with Gasteiger partial charge in [-0.1, -0.05) is 30.9 Å². The lowest BCUT2D eigenvalue weighted by Gasteiger charge is -2.27. The largest absolute Gasteiger partial charge is 0.327 e. The maximum Gasteiger partial charge on any atom is 0.141 e. The van der Waals surface area contributed by atoms with Crippen LogP contribution in [-0.2, 0) is 10.8 Å². The topological polar surface area (TPSA) is 43.1 Å². The van der Waals surface area contributed by atoms with Crippen LogP contribution in [0.3, 0.4) is 0 Å². The van der Waals surface area contributed by atoms with E-state index >= 15 is 0 Å². The Labute approximate surface area is 121 Å². The van der Waals surface area contributed by atoms with Gasteiger partial charge >= 0.3 is 0 Å². The summed E-state index contributed by atoms with van der Waals surface area (Å²) in [5.74, 6) is 0.403. The molecule has 1 aliphatic rings. The first-order valence-electron chi connectivity index (χ1n) is 6.67. The molecule has 5 heteroatoms. The molecule has 2 unspecified atom stereocenters. The molecule has 2 atom stereocenters. The van der Waals surface area contributed by atoms with Crippen molar-refractivity contribution >= 4 is 22.4 Å². The fourth-order valence-electron chi connectivity index (χ4n) is 2.59. The maximum atomic E-state index is 13.1. The van der Waals surface area contributed by atoms with E-state index in [0.29, 0.717) is 16.6 Å². The molecule has 1 aromatic rings. The second-order valence-corrected chi connectivity index (χ2v) is 7.05. The lowest BCUT2D eigenvalue weighted by molar-refractivity contribution is 0.318. The molecule has 2 rings (SSSR count). The Kier molecular flexibility index (Phi) is 5.37. The average molecular weight is 304 g/mol. The summed E-state index contributed by atoms with van der Waals surface area (Å²) >= 11 is 5.70. The summed E-state index contributed by atoms with van der Waals surface area (Å²) in [6.07, 6.45) is 5.96. The van der Waals surface area contributed by atoms with Crippen LogP contribution in [-0.4, -0.2) is 16.0 Å². The van der Waals surface area contributed by atoms with E-state index in [0.717, 1.165) is 12.8 Å². The number of rotatable bonds is 4. The second-order valence-electron chi connectivity index (χ2n) is 5.15. The number of benzene rings is 1. The van der Waals surface area contributed by atoms with Crippen molar-refractivity contribution in [1.82, 2.24) is 0 Å². The maximum absolute atomic E-state index is 13.1. The van der Waals surface area contributed by atoms with Gasteiger partial charge in [-0.25, -0.2) is 4.39 Å². The van der Waals surface area contributed by atoms with Crippen LogP contribution >= 0.6 is 11.6 Å². The smallest absolute Gasteiger partial charge is 0.141 e. The minimum atomic E-state index is -1.21. The Hall–Kier alpha value is -0.450. The summed E-state index contributed by atoms with van der Waals surface area (Å²) in [6.45, 7) is 0. The molecule has 2 nitrogen and oxygen atoms in total. The summed E-state index contributed by atoms with van der Waals surface area (Å²) < 4.78 is 25.3. The lowest BCUT2D eigenvalue weighted by Crippen LogP contribution is -2.36. The minimum Gasteiger partial charge on any atom is -0.327 e. The first-order valence-corrected chi connectivity index (χ1v) is 8.36. The zero-order chi connectivity index (χ0) is 13.8. The van der Waals surface area contributed by atoms with Crippen molar-refractivity contribution < 1.29 is 8.60 Å². The Bertz CT molecular complexity index is 463. The molecule has 0 bridgehead atoms. The number of halogens is 2. The van der Waals surface area contributed by atoms with Gasteiger partial charge in [0.25, 0.3) is 0 Å². The van der Waals surface area contributed by atoms with Gasteiger partial charge in [0, 0.05) is 16.7 Å². The van der Waals surface area contributed by atoms with Gasteiger partial charge < -0.3 is 5.73 Å². The molecule has 0 saturated heterocycles. The molecular formula is C14H19ClFNOS. The number of hydrogen-bond acceptors (Lipinski definition) is 2. The number of hydrogen-bond donors (Lipinski definition) is 1. The predicted octanol–water partition coefficient (Wildman–Crippen LogP) is 3.49. The van der Waals surface area contributed by atoms with Gasteiger partial charge in [-0.2, -0.15) is 0 Å². The van der Waals surface area contributed by atoms with Crippen LogP contribution in [0.1, 0.15) is 32.1 Å². The molecule has 106 valence electrons. The summed E-state index contributed by atoms with van der Waals surface area (Å²) in [7, 11) is -1.21. The Balaban J connectivity index is 1.97. The molecule has 1 aromatic carbocycles. The van der Waals surface area contributed by atoms with E-state index in [1.54, 1.807) is 0 Å². The minimum absolute atomic E-state index is 0.0112. The van der Waals surface area contributed by atoms with Gasteiger partial charge in [0.1, 0.15) is 5.82 Å². The molecule has 1 saturated carbocycles. The van der Waals surface area contributed by atoms with Crippen molar-refractivity contribution in [2.24, 2.45) is 11.7 Å². The highest BCUT2D eigenvalue weighted by atomic mass is 35.5. The van der Waals surface area contributed by atoms with Crippen LogP contribution < -0.4 is 5.73 Å². The standard InChI is InChI=1S/C14H19ClFNOS/c15-12-8-11(6-7-13(12)16)19(18)9-14(17)10-4-2-1-3-5-10/h6-8,10,14H,1-5,9,17H2. The Morgan fingerprint density at radius 2 is 2.05 bits per heavy atom. The van der Waals surface area contributed by atoms with Crippen molar-refractivity contribution in [2.45, 2.75) is 43.0 Å². The van der Waals surface area contributed by atoms with Gasteiger partial charge in [0.05, 0.1) is 15.8 Å². The van der Waals surface area contributed by atoms with E-state index in [1.165, 1.54) is 37.5 Å². The third-order valence-electron chi connectivity index (χ3n) is 3.75. The van der Waals surface area contributed by atoms with Gasteiger partial charge in [0.15, 0.2) is 0 Å². The van der Waals surface area contributed by atoms with Crippen LogP contribution in [0.5, 0.6) is 0 Å². The van der Waals surface area contributed by atoms with Gasteiger partial charge in [-0.05, 0) is 37.0 Å². The van der Waals surface area contributed by atoms with Crippen LogP contribution in [0, 0.1) is 11.7 Å². The van der Waals surface area contributed by atoms with Crippen molar-refractivity contribution in [3.05, 3.63) is 29.0 Å². The zero-order valence-corrected chi connectivity index (χ0v) is 12.4. The van der Waals surface area contributed by atoms with Gasteiger partial charge in [0.2, 0.25) is 0 Å². The highest BCUT2D eigenvalue weighted by Gasteiger charge is 2.22. The summed E-state index contributed by atoms with van der Waals surface area (Å²) in [6, 6.07) is 4.15. The SMILES string of the molecule is NC(CS(=O)c1ccc(F)c(Cl)c1)C1CCCCC1. The molecule has 0 heterocycles. The van der Waals surface area contributed by atoms with E-state index in [4.69, 9.17) is 17.3 Å². The van der Waals surface area contributed by atoms with Crippen LogP contribution in [0.4, 0.5) is 4.39 Å². The first-order chi connectivity index (χ1) is 9.08. The second kappa shape index (κ2) is 6.82. The molecule has 19 heavy (non-hydrogen) atoms. The van der Waals surface area contributed by atoms with Crippen molar-refractivity contribution in [1.29, 1.82) is 0 Å². The molecule has 0 aliphatic heterocycles. The normalized spacial score (nSPS) is 20.2. The predicted molar refractivity (Wildman–Crippen MR) is 77.2 cm³/mol. The van der Waals surface area contributed by atoms with Crippen LogP contribution in [0.2, 0.25) is 5.02 Å². The van der Waals surface area contributed by atoms with Crippen LogP contribution in [0.15, 0.2) is 23.1 Å². The fourth-order valence-corrected chi connectivity index (χ4v) is 4.12. The lowest BCUT2D eigenvalue weighted by atomic mass is 9.85. The summed E-state index contributed by atoms with van der Waals surface area (Å²) in [5.41, 5.74) is 6.15. The molecule has 0 spiro atoms. The third kappa shape index (κ3) is 4.01. The molecule has 0 radical (unpaired) electrons. The van der Waals surface area contributed by atoms with E-state index in [-0.39, 0.29) is 11.1 Å². The molecule has 2 N–H and O–H groups in total. The Morgan fingerprint density at radius 1 is 1.37 bits per heavy atom. The van der Waals surface area contributed by atoms with Crippen molar-refractivity contribution in [3.63, 3.8) is 0 Å². The van der Waals surface area contributed by atoms with E-state index in [1.807, 2.05) is 0 Å². The van der Waals surface area contributed by atoms with E-state index in [2.05, 4.69) is 0 Å². The quantitative estimate of drug-likeness (QED) is 0.925. The molecule has 1 aliphatic carbocycles. The summed E-state index contributed by atoms with van der Waals surface area (Å²) in [4.78, 5) is 0.553. The zero-order valence-electron chi connectivity index (χ0n) is 10.8. The fraction of sp³-hybridized carbons (Fsp3) is 0.571. The summed E-state index contributed by atoms with van der Waals surface area (Å²) in [5, 5.41) is 0.0112. The monoisotopic (exact) mass is 303 g/mol. The van der Waals surface area contributed by atoms with Crippen LogP contribution in [0.25, 0.3) is 0 Å². The highest BCUT2D eigenvalue weighted by Crippen LogP contribution is 2.27. The molecule has 1 fully saturated rings. The van der Waals surface area contributed by atoms with Crippen molar-refractivity contribution in [2.75, 3.05) is 5.75 Å². The highest BCUT2D eigenvalue weighted by molar-refractivity contribution is 7.85. The first kappa shape index (κ1) is 14.9. The molecule has 0 amide bonds. The van der Waals surface area contributed by atoms with E-state index in [9.17, 15) is 8.60 Å². The average Bonchev–Trinajstić information content (AvgIpc) is 2.42. The third-order valence-corrected chi connectivity index (χ3v) is 5.51. The van der Waals surface area contributed by atoms with E-state index < -0.39 is 16.6 Å². The number of nitrogens with two attached hydrogens (primary N) is 1. The van der Waals surface area contributed by atoms with Gasteiger partial charge in [-0.15, -0.1) is 0 Å².